The summed E-state index contributed by atoms with van der Waals surface area (Å²) in [4.78, 5) is 24.0. The Hall–Kier alpha value is -2.44. The zero-order valence-electron chi connectivity index (χ0n) is 13.5. The van der Waals surface area contributed by atoms with E-state index in [9.17, 15) is 9.59 Å². The van der Waals surface area contributed by atoms with Crippen LogP contribution in [0.3, 0.4) is 0 Å². The molecule has 2 rings (SSSR count). The zero-order valence-corrected chi connectivity index (χ0v) is 15.0. The van der Waals surface area contributed by atoms with Crippen LogP contribution in [-0.4, -0.2) is 32.7 Å². The SMILES string of the molecule is COc1ccccc1NC(=O)COC(=O)c1cc(Cl)c(OC)c(Cl)c1. The molecule has 0 aromatic heterocycles. The monoisotopic (exact) mass is 383 g/mol. The Bertz CT molecular complexity index is 771. The summed E-state index contributed by atoms with van der Waals surface area (Å²) in [5.74, 6) is -0.491. The number of hydrogen-bond donors (Lipinski definition) is 1. The van der Waals surface area contributed by atoms with Gasteiger partial charge in [-0.2, -0.15) is 0 Å². The number of nitrogens with one attached hydrogen (secondary N) is 1. The third-order valence-electron chi connectivity index (χ3n) is 3.15. The highest BCUT2D eigenvalue weighted by Crippen LogP contribution is 2.34. The molecule has 0 aliphatic carbocycles. The molecule has 0 heterocycles. The highest BCUT2D eigenvalue weighted by atomic mass is 35.5. The Labute approximate surface area is 154 Å². The molecule has 0 spiro atoms. The second kappa shape index (κ2) is 8.60. The van der Waals surface area contributed by atoms with Gasteiger partial charge in [0.2, 0.25) is 0 Å². The molecule has 8 heteroatoms. The number of methoxy groups -OCH3 is 2. The van der Waals surface area contributed by atoms with Crippen molar-refractivity contribution in [1.29, 1.82) is 0 Å². The van der Waals surface area contributed by atoms with E-state index in [1.54, 1.807) is 24.3 Å². The fraction of sp³-hybridized carbons (Fsp3) is 0.176. The lowest BCUT2D eigenvalue weighted by atomic mass is 10.2. The number of anilines is 1. The normalized spacial score (nSPS) is 10.1. The third kappa shape index (κ3) is 4.78. The van der Waals surface area contributed by atoms with Crippen molar-refractivity contribution in [3.8, 4) is 11.5 Å². The maximum Gasteiger partial charge on any atom is 0.338 e. The van der Waals surface area contributed by atoms with Crippen molar-refractivity contribution < 1.29 is 23.8 Å². The lowest BCUT2D eigenvalue weighted by Crippen LogP contribution is -2.21. The second-order valence-corrected chi connectivity index (χ2v) is 5.61. The molecule has 2 aromatic rings. The third-order valence-corrected chi connectivity index (χ3v) is 3.72. The highest BCUT2D eigenvalue weighted by Gasteiger charge is 2.16. The van der Waals surface area contributed by atoms with Crippen molar-refractivity contribution in [3.63, 3.8) is 0 Å². The molecule has 1 N–H and O–H groups in total. The average Bonchev–Trinajstić information content (AvgIpc) is 2.59. The summed E-state index contributed by atoms with van der Waals surface area (Å²) in [6.45, 7) is -0.474. The summed E-state index contributed by atoms with van der Waals surface area (Å²) >= 11 is 11.9. The molecule has 25 heavy (non-hydrogen) atoms. The molecule has 132 valence electrons. The van der Waals surface area contributed by atoms with E-state index in [2.05, 4.69) is 5.32 Å². The molecule has 2 aromatic carbocycles. The van der Waals surface area contributed by atoms with Crippen LogP contribution < -0.4 is 14.8 Å². The minimum absolute atomic E-state index is 0.112. The number of carbonyl (C=O) groups is 2. The van der Waals surface area contributed by atoms with Gasteiger partial charge in [-0.15, -0.1) is 0 Å². The van der Waals surface area contributed by atoms with E-state index in [0.717, 1.165) is 0 Å². The Kier molecular flexibility index (Phi) is 6.50. The maximum absolute atomic E-state index is 12.0. The van der Waals surface area contributed by atoms with Crippen LogP contribution in [0.15, 0.2) is 36.4 Å². The van der Waals surface area contributed by atoms with Crippen LogP contribution in [0.1, 0.15) is 10.4 Å². The van der Waals surface area contributed by atoms with Gasteiger partial charge in [0.15, 0.2) is 12.4 Å². The number of ether oxygens (including phenoxy) is 3. The molecule has 0 aliphatic heterocycles. The number of hydrogen-bond acceptors (Lipinski definition) is 5. The minimum Gasteiger partial charge on any atom is -0.495 e. The van der Waals surface area contributed by atoms with Gasteiger partial charge in [0.25, 0.3) is 5.91 Å². The lowest BCUT2D eigenvalue weighted by molar-refractivity contribution is -0.119. The van der Waals surface area contributed by atoms with E-state index in [0.29, 0.717) is 11.4 Å². The van der Waals surface area contributed by atoms with Crippen molar-refractivity contribution in [2.24, 2.45) is 0 Å². The largest absolute Gasteiger partial charge is 0.495 e. The zero-order chi connectivity index (χ0) is 18.4. The van der Waals surface area contributed by atoms with E-state index < -0.39 is 18.5 Å². The molecule has 0 unspecified atom stereocenters. The van der Waals surface area contributed by atoms with Crippen molar-refractivity contribution in [2.45, 2.75) is 0 Å². The topological polar surface area (TPSA) is 73.9 Å². The summed E-state index contributed by atoms with van der Waals surface area (Å²) in [5, 5.41) is 2.93. The number of carbonyl (C=O) groups excluding carboxylic acids is 2. The summed E-state index contributed by atoms with van der Waals surface area (Å²) in [6.07, 6.45) is 0. The first kappa shape index (κ1) is 18.9. The molecule has 0 fully saturated rings. The number of rotatable bonds is 6. The van der Waals surface area contributed by atoms with Gasteiger partial charge >= 0.3 is 5.97 Å². The summed E-state index contributed by atoms with van der Waals surface area (Å²) in [5.41, 5.74) is 0.586. The highest BCUT2D eigenvalue weighted by molar-refractivity contribution is 6.37. The predicted octanol–water partition coefficient (Wildman–Crippen LogP) is 3.81. The first-order valence-electron chi connectivity index (χ1n) is 7.09. The van der Waals surface area contributed by atoms with Crippen LogP contribution in [0.25, 0.3) is 0 Å². The molecule has 0 radical (unpaired) electrons. The van der Waals surface area contributed by atoms with Crippen molar-refractivity contribution >= 4 is 40.8 Å². The molecule has 1 amide bonds. The van der Waals surface area contributed by atoms with Crippen molar-refractivity contribution in [3.05, 3.63) is 52.0 Å². The number of halogens is 2. The number of amides is 1. The van der Waals surface area contributed by atoms with Gasteiger partial charge in [-0.25, -0.2) is 4.79 Å². The minimum atomic E-state index is -0.735. The van der Waals surface area contributed by atoms with Gasteiger partial charge in [-0.1, -0.05) is 35.3 Å². The second-order valence-electron chi connectivity index (χ2n) is 4.80. The molecule has 0 aliphatic rings. The Morgan fingerprint density at radius 1 is 1.04 bits per heavy atom. The Morgan fingerprint density at radius 3 is 2.28 bits per heavy atom. The summed E-state index contributed by atoms with van der Waals surface area (Å²) in [6, 6.07) is 9.58. The summed E-state index contributed by atoms with van der Waals surface area (Å²) < 4.78 is 15.1. The van der Waals surface area contributed by atoms with Gasteiger partial charge in [0.1, 0.15) is 5.75 Å². The number of esters is 1. The van der Waals surface area contributed by atoms with E-state index in [-0.39, 0.29) is 21.4 Å². The quantitative estimate of drug-likeness (QED) is 0.767. The lowest BCUT2D eigenvalue weighted by Gasteiger charge is -2.11. The summed E-state index contributed by atoms with van der Waals surface area (Å²) in [7, 11) is 2.90. The van der Waals surface area contributed by atoms with E-state index in [4.69, 9.17) is 37.4 Å². The number of para-hydroxylation sites is 2. The molecular weight excluding hydrogens is 369 g/mol. The predicted molar refractivity (Wildman–Crippen MR) is 94.9 cm³/mol. The first-order chi connectivity index (χ1) is 12.0. The van der Waals surface area contributed by atoms with Gasteiger partial charge in [0, 0.05) is 0 Å². The van der Waals surface area contributed by atoms with Gasteiger partial charge in [-0.3, -0.25) is 4.79 Å². The number of benzene rings is 2. The van der Waals surface area contributed by atoms with E-state index in [1.807, 2.05) is 0 Å². The van der Waals surface area contributed by atoms with Gasteiger partial charge in [0.05, 0.1) is 35.5 Å². The fourth-order valence-corrected chi connectivity index (χ4v) is 2.66. The Balaban J connectivity index is 1.99. The van der Waals surface area contributed by atoms with Crippen LogP contribution >= 0.6 is 23.2 Å². The van der Waals surface area contributed by atoms with E-state index >= 15 is 0 Å². The average molecular weight is 384 g/mol. The smallest absolute Gasteiger partial charge is 0.338 e. The van der Waals surface area contributed by atoms with Gasteiger partial charge in [-0.05, 0) is 24.3 Å². The van der Waals surface area contributed by atoms with E-state index in [1.165, 1.54) is 26.4 Å². The Morgan fingerprint density at radius 2 is 1.68 bits per heavy atom. The molecular formula is C17H15Cl2NO5. The van der Waals surface area contributed by atoms with Crippen molar-refractivity contribution in [1.82, 2.24) is 0 Å². The van der Waals surface area contributed by atoms with Crippen LogP contribution in [0.4, 0.5) is 5.69 Å². The maximum atomic E-state index is 12.0. The molecule has 0 saturated heterocycles. The van der Waals surface area contributed by atoms with Gasteiger partial charge < -0.3 is 19.5 Å². The van der Waals surface area contributed by atoms with Crippen molar-refractivity contribution in [2.75, 3.05) is 26.1 Å². The molecule has 0 bridgehead atoms. The molecule has 0 atom stereocenters. The molecule has 6 nitrogen and oxygen atoms in total. The van der Waals surface area contributed by atoms with Crippen LogP contribution in [0.2, 0.25) is 10.0 Å². The molecule has 0 saturated carbocycles. The van der Waals surface area contributed by atoms with Crippen LogP contribution in [-0.2, 0) is 9.53 Å². The van der Waals surface area contributed by atoms with Crippen LogP contribution in [0, 0.1) is 0 Å². The van der Waals surface area contributed by atoms with Crippen LogP contribution in [0.5, 0.6) is 11.5 Å². The standard InChI is InChI=1S/C17H15Cl2NO5/c1-23-14-6-4-3-5-13(14)20-15(21)9-25-17(22)10-7-11(18)16(24-2)12(19)8-10/h3-8H,9H2,1-2H3,(H,20,21). The first-order valence-corrected chi connectivity index (χ1v) is 7.85. The fourth-order valence-electron chi connectivity index (χ4n) is 2.02.